The SMILES string of the molecule is CC1(C)CC(=O)C2C(=NC(COCCN)=C(C#N)C2c2ncncn2)C1. The molecule has 3 rings (SSSR count). The van der Waals surface area contributed by atoms with Crippen LogP contribution in [0.15, 0.2) is 28.9 Å². The van der Waals surface area contributed by atoms with Crippen molar-refractivity contribution in [2.75, 3.05) is 19.8 Å². The first-order valence-electron chi connectivity index (χ1n) is 8.60. The van der Waals surface area contributed by atoms with E-state index in [9.17, 15) is 10.1 Å². The molecule has 2 atom stereocenters. The van der Waals surface area contributed by atoms with E-state index in [4.69, 9.17) is 10.5 Å². The fourth-order valence-electron chi connectivity index (χ4n) is 3.68. The molecule has 136 valence electrons. The molecule has 2 unspecified atom stereocenters. The van der Waals surface area contributed by atoms with Gasteiger partial charge < -0.3 is 10.5 Å². The molecule has 26 heavy (non-hydrogen) atoms. The maximum Gasteiger partial charge on any atom is 0.143 e. The summed E-state index contributed by atoms with van der Waals surface area (Å²) in [5.74, 6) is -0.563. The normalized spacial score (nSPS) is 24.7. The lowest BCUT2D eigenvalue weighted by atomic mass is 9.65. The lowest BCUT2D eigenvalue weighted by Gasteiger charge is -2.39. The molecule has 2 N–H and O–H groups in total. The Hall–Kier alpha value is -2.50. The van der Waals surface area contributed by atoms with Crippen molar-refractivity contribution in [3.8, 4) is 6.07 Å². The van der Waals surface area contributed by atoms with Gasteiger partial charge in [-0.1, -0.05) is 13.8 Å². The van der Waals surface area contributed by atoms with E-state index in [1.165, 1.54) is 12.7 Å². The number of nitriles is 1. The lowest BCUT2D eigenvalue weighted by molar-refractivity contribution is -0.124. The second-order valence-corrected chi connectivity index (χ2v) is 7.35. The van der Waals surface area contributed by atoms with Gasteiger partial charge in [-0.2, -0.15) is 5.26 Å². The standard InChI is InChI=1S/C18H22N6O2/c1-18(2)5-12-16(14(25)6-18)15(17-22-9-21-10-23-17)11(7-20)13(24-12)8-26-4-3-19/h9-10,15-16H,3-6,8,19H2,1-2H3. The van der Waals surface area contributed by atoms with Gasteiger partial charge in [-0.15, -0.1) is 0 Å². The third-order valence-corrected chi connectivity index (χ3v) is 4.67. The number of ether oxygens (including phenoxy) is 1. The summed E-state index contributed by atoms with van der Waals surface area (Å²) in [5, 5.41) is 9.79. The number of aliphatic imine (C=N–C) groups is 1. The zero-order valence-corrected chi connectivity index (χ0v) is 15.0. The Kier molecular flexibility index (Phi) is 5.20. The fourth-order valence-corrected chi connectivity index (χ4v) is 3.68. The Bertz CT molecular complexity index is 794. The number of rotatable bonds is 5. The van der Waals surface area contributed by atoms with Crippen LogP contribution in [0, 0.1) is 22.7 Å². The van der Waals surface area contributed by atoms with Crippen molar-refractivity contribution in [1.82, 2.24) is 15.0 Å². The number of hydrogen-bond donors (Lipinski definition) is 1. The number of hydrogen-bond acceptors (Lipinski definition) is 8. The van der Waals surface area contributed by atoms with Gasteiger partial charge in [-0.05, 0) is 11.8 Å². The number of carbonyl (C=O) groups is 1. The highest BCUT2D eigenvalue weighted by Gasteiger charge is 2.47. The van der Waals surface area contributed by atoms with Gasteiger partial charge in [0.25, 0.3) is 0 Å². The molecular weight excluding hydrogens is 332 g/mol. The number of fused-ring (bicyclic) bond motifs is 1. The molecule has 0 aromatic carbocycles. The minimum Gasteiger partial charge on any atom is -0.374 e. The van der Waals surface area contributed by atoms with Gasteiger partial charge in [0.1, 0.15) is 24.3 Å². The topological polar surface area (TPSA) is 127 Å². The third-order valence-electron chi connectivity index (χ3n) is 4.67. The average molecular weight is 354 g/mol. The molecule has 8 heteroatoms. The zero-order chi connectivity index (χ0) is 18.7. The maximum absolute atomic E-state index is 12.9. The zero-order valence-electron chi connectivity index (χ0n) is 15.0. The van der Waals surface area contributed by atoms with Gasteiger partial charge in [-0.3, -0.25) is 9.79 Å². The average Bonchev–Trinajstić information content (AvgIpc) is 2.60. The van der Waals surface area contributed by atoms with Crippen LogP contribution in [0.1, 0.15) is 38.4 Å². The summed E-state index contributed by atoms with van der Waals surface area (Å²) in [7, 11) is 0. The molecular formula is C18H22N6O2. The van der Waals surface area contributed by atoms with E-state index >= 15 is 0 Å². The summed E-state index contributed by atoms with van der Waals surface area (Å²) in [6.07, 6.45) is 3.88. The van der Waals surface area contributed by atoms with Gasteiger partial charge in [0.2, 0.25) is 0 Å². The van der Waals surface area contributed by atoms with E-state index in [-0.39, 0.29) is 17.8 Å². The van der Waals surface area contributed by atoms with Crippen molar-refractivity contribution < 1.29 is 9.53 Å². The molecule has 0 amide bonds. The number of nitrogens with two attached hydrogens (primary N) is 1. The van der Waals surface area contributed by atoms with Crippen LogP contribution in [0.25, 0.3) is 0 Å². The largest absolute Gasteiger partial charge is 0.374 e. The number of aromatic nitrogens is 3. The van der Waals surface area contributed by atoms with E-state index in [1.807, 2.05) is 0 Å². The van der Waals surface area contributed by atoms with Crippen LogP contribution in [0.2, 0.25) is 0 Å². The quantitative estimate of drug-likeness (QED) is 0.786. The Morgan fingerprint density at radius 3 is 2.69 bits per heavy atom. The van der Waals surface area contributed by atoms with Crippen molar-refractivity contribution in [2.45, 2.75) is 32.6 Å². The van der Waals surface area contributed by atoms with Crippen LogP contribution >= 0.6 is 0 Å². The molecule has 1 saturated carbocycles. The number of ketones is 1. The van der Waals surface area contributed by atoms with E-state index in [0.717, 1.165) is 5.71 Å². The molecule has 1 aliphatic carbocycles. The Morgan fingerprint density at radius 1 is 1.31 bits per heavy atom. The summed E-state index contributed by atoms with van der Waals surface area (Å²) in [4.78, 5) is 29.9. The predicted octanol–water partition coefficient (Wildman–Crippen LogP) is 1.17. The predicted molar refractivity (Wildman–Crippen MR) is 94.0 cm³/mol. The van der Waals surface area contributed by atoms with Gasteiger partial charge in [0.15, 0.2) is 0 Å². The highest BCUT2D eigenvalue weighted by molar-refractivity contribution is 6.10. The van der Waals surface area contributed by atoms with E-state index in [2.05, 4.69) is 39.9 Å². The highest BCUT2D eigenvalue weighted by Crippen LogP contribution is 2.45. The Morgan fingerprint density at radius 2 is 2.04 bits per heavy atom. The van der Waals surface area contributed by atoms with Crippen molar-refractivity contribution in [3.05, 3.63) is 29.7 Å². The summed E-state index contributed by atoms with van der Waals surface area (Å²) in [6.45, 7) is 5.03. The van der Waals surface area contributed by atoms with Crippen molar-refractivity contribution in [3.63, 3.8) is 0 Å². The summed E-state index contributed by atoms with van der Waals surface area (Å²) < 4.78 is 5.52. The monoisotopic (exact) mass is 354 g/mol. The second kappa shape index (κ2) is 7.40. The number of Topliss-reactive ketones (excluding diaryl/α,β-unsaturated/α-hetero) is 1. The minimum absolute atomic E-state index is 0.0695. The lowest BCUT2D eigenvalue weighted by Crippen LogP contribution is -2.43. The number of nitrogens with zero attached hydrogens (tertiary/aromatic N) is 5. The van der Waals surface area contributed by atoms with Crippen LogP contribution in [0.4, 0.5) is 0 Å². The molecule has 0 bridgehead atoms. The Labute approximate surface area is 152 Å². The van der Waals surface area contributed by atoms with Crippen LogP contribution in [0.3, 0.4) is 0 Å². The molecule has 1 fully saturated rings. The molecule has 0 saturated heterocycles. The molecule has 0 radical (unpaired) electrons. The molecule has 0 spiro atoms. The van der Waals surface area contributed by atoms with Gasteiger partial charge >= 0.3 is 0 Å². The first kappa shape index (κ1) is 18.3. The van der Waals surface area contributed by atoms with E-state index in [1.54, 1.807) is 0 Å². The summed E-state index contributed by atoms with van der Waals surface area (Å²) in [6, 6.07) is 2.21. The number of allylic oxidation sites excluding steroid dienone is 1. The number of carbonyl (C=O) groups excluding carboxylic acids is 1. The Balaban J connectivity index is 2.09. The minimum atomic E-state index is -0.546. The molecule has 2 heterocycles. The molecule has 1 aromatic heterocycles. The fraction of sp³-hybridized carbons (Fsp3) is 0.556. The highest BCUT2D eigenvalue weighted by atomic mass is 16.5. The van der Waals surface area contributed by atoms with Crippen LogP contribution in [0.5, 0.6) is 0 Å². The maximum atomic E-state index is 12.9. The second-order valence-electron chi connectivity index (χ2n) is 7.35. The molecule has 8 nitrogen and oxygen atoms in total. The van der Waals surface area contributed by atoms with E-state index < -0.39 is 11.8 Å². The summed E-state index contributed by atoms with van der Waals surface area (Å²) >= 11 is 0. The van der Waals surface area contributed by atoms with E-state index in [0.29, 0.717) is 43.1 Å². The van der Waals surface area contributed by atoms with Crippen molar-refractivity contribution >= 4 is 11.5 Å². The van der Waals surface area contributed by atoms with Gasteiger partial charge in [-0.25, -0.2) is 15.0 Å². The first-order valence-corrected chi connectivity index (χ1v) is 8.60. The van der Waals surface area contributed by atoms with Crippen LogP contribution in [-0.2, 0) is 9.53 Å². The molecule has 1 aromatic rings. The summed E-state index contributed by atoms with van der Waals surface area (Å²) in [5.41, 5.74) is 7.01. The van der Waals surface area contributed by atoms with Crippen LogP contribution in [-0.4, -0.2) is 46.2 Å². The van der Waals surface area contributed by atoms with Gasteiger partial charge in [0.05, 0.1) is 42.4 Å². The first-order chi connectivity index (χ1) is 12.5. The van der Waals surface area contributed by atoms with Crippen LogP contribution < -0.4 is 5.73 Å². The van der Waals surface area contributed by atoms with Crippen molar-refractivity contribution in [2.24, 2.45) is 22.1 Å². The molecule has 1 aliphatic heterocycles. The van der Waals surface area contributed by atoms with Gasteiger partial charge in [0, 0.05) is 18.7 Å². The molecule has 2 aliphatic rings. The van der Waals surface area contributed by atoms with Crippen molar-refractivity contribution in [1.29, 1.82) is 5.26 Å². The third kappa shape index (κ3) is 3.54. The smallest absolute Gasteiger partial charge is 0.143 e.